The number of amides is 2. The third-order valence-electron chi connectivity index (χ3n) is 4.18. The van der Waals surface area contributed by atoms with Gasteiger partial charge in [-0.05, 0) is 37.3 Å². The topological polar surface area (TPSA) is 76.7 Å². The first-order valence-corrected chi connectivity index (χ1v) is 9.31. The number of benzene rings is 2. The van der Waals surface area contributed by atoms with Crippen molar-refractivity contribution in [1.29, 1.82) is 0 Å². The molecule has 26 heavy (non-hydrogen) atoms. The maximum Gasteiger partial charge on any atom is 0.255 e. The van der Waals surface area contributed by atoms with Gasteiger partial charge in [0.15, 0.2) is 11.5 Å². The number of ether oxygens (including phenoxy) is 2. The van der Waals surface area contributed by atoms with E-state index in [1.54, 1.807) is 30.3 Å². The molecule has 2 N–H and O–H groups in total. The summed E-state index contributed by atoms with van der Waals surface area (Å²) >= 11 is 1.49. The zero-order chi connectivity index (χ0) is 18.1. The fourth-order valence-electron chi connectivity index (χ4n) is 2.79. The molecule has 134 valence electrons. The molecule has 0 bridgehead atoms. The van der Waals surface area contributed by atoms with Crippen LogP contribution in [-0.2, 0) is 4.79 Å². The minimum atomic E-state index is -0.250. The Kier molecular flexibility index (Phi) is 4.46. The van der Waals surface area contributed by atoms with Crippen LogP contribution in [0.2, 0.25) is 0 Å². The van der Waals surface area contributed by atoms with Gasteiger partial charge in [-0.2, -0.15) is 0 Å². The van der Waals surface area contributed by atoms with Gasteiger partial charge in [0, 0.05) is 28.6 Å². The van der Waals surface area contributed by atoms with E-state index in [-0.39, 0.29) is 17.1 Å². The van der Waals surface area contributed by atoms with E-state index in [4.69, 9.17) is 9.47 Å². The molecular weight excluding hydrogens is 352 g/mol. The molecule has 0 spiro atoms. The molecule has 2 aromatic carbocycles. The minimum Gasteiger partial charge on any atom is -0.490 e. The summed E-state index contributed by atoms with van der Waals surface area (Å²) in [5.74, 6) is 1.01. The van der Waals surface area contributed by atoms with E-state index in [1.807, 2.05) is 13.0 Å². The summed E-state index contributed by atoms with van der Waals surface area (Å²) in [5.41, 5.74) is 1.78. The Labute approximate surface area is 155 Å². The van der Waals surface area contributed by atoms with Crippen LogP contribution in [0.3, 0.4) is 0 Å². The lowest BCUT2D eigenvalue weighted by atomic mass is 10.1. The number of nitrogens with one attached hydrogen (secondary N) is 2. The van der Waals surface area contributed by atoms with E-state index in [2.05, 4.69) is 10.6 Å². The number of anilines is 2. The highest BCUT2D eigenvalue weighted by molar-refractivity contribution is 8.00. The molecular formula is C19H18N2O4S. The quantitative estimate of drug-likeness (QED) is 0.846. The Morgan fingerprint density at radius 3 is 2.81 bits per heavy atom. The Morgan fingerprint density at radius 1 is 1.15 bits per heavy atom. The lowest BCUT2D eigenvalue weighted by Gasteiger charge is -2.21. The molecule has 0 unspecified atom stereocenters. The second kappa shape index (κ2) is 6.92. The maximum atomic E-state index is 12.6. The van der Waals surface area contributed by atoms with Gasteiger partial charge in [-0.1, -0.05) is 0 Å². The van der Waals surface area contributed by atoms with Crippen molar-refractivity contribution in [2.75, 3.05) is 23.8 Å². The monoisotopic (exact) mass is 370 g/mol. The van der Waals surface area contributed by atoms with Gasteiger partial charge in [0.05, 0.1) is 24.2 Å². The van der Waals surface area contributed by atoms with E-state index in [0.29, 0.717) is 41.7 Å². The van der Waals surface area contributed by atoms with Crippen LogP contribution in [0.4, 0.5) is 11.4 Å². The number of carbonyl (C=O) groups is 2. The fraction of sp³-hybridized carbons (Fsp3) is 0.263. The molecule has 0 radical (unpaired) electrons. The number of hydrogen-bond donors (Lipinski definition) is 2. The zero-order valence-electron chi connectivity index (χ0n) is 14.2. The fourth-order valence-corrected chi connectivity index (χ4v) is 3.72. The van der Waals surface area contributed by atoms with Crippen molar-refractivity contribution >= 4 is 35.0 Å². The molecule has 2 amide bonds. The summed E-state index contributed by atoms with van der Waals surface area (Å²) in [7, 11) is 0. The van der Waals surface area contributed by atoms with Crippen LogP contribution in [0.25, 0.3) is 0 Å². The van der Waals surface area contributed by atoms with Crippen molar-refractivity contribution in [2.45, 2.75) is 23.5 Å². The summed E-state index contributed by atoms with van der Waals surface area (Å²) in [6, 6.07) is 10.7. The molecule has 4 rings (SSSR count). The van der Waals surface area contributed by atoms with Gasteiger partial charge < -0.3 is 20.1 Å². The summed E-state index contributed by atoms with van der Waals surface area (Å²) in [5, 5.41) is 5.57. The summed E-state index contributed by atoms with van der Waals surface area (Å²) in [6.07, 6.45) is 0.827. The summed E-state index contributed by atoms with van der Waals surface area (Å²) in [4.78, 5) is 25.4. The lowest BCUT2D eigenvalue weighted by molar-refractivity contribution is -0.115. The van der Waals surface area contributed by atoms with Crippen LogP contribution in [-0.4, -0.2) is 30.3 Å². The Hall–Kier alpha value is -2.67. The molecule has 1 atom stereocenters. The first kappa shape index (κ1) is 16.8. The number of thioether (sulfide) groups is 1. The molecule has 7 heteroatoms. The van der Waals surface area contributed by atoms with E-state index in [1.165, 1.54) is 11.8 Å². The predicted molar refractivity (Wildman–Crippen MR) is 100 cm³/mol. The maximum absolute atomic E-state index is 12.6. The normalized spacial score (nSPS) is 18.3. The smallest absolute Gasteiger partial charge is 0.255 e. The van der Waals surface area contributed by atoms with Gasteiger partial charge >= 0.3 is 0 Å². The van der Waals surface area contributed by atoms with Gasteiger partial charge in [-0.15, -0.1) is 11.8 Å². The second-order valence-electron chi connectivity index (χ2n) is 6.13. The molecule has 0 aromatic heterocycles. The Morgan fingerprint density at radius 2 is 1.96 bits per heavy atom. The molecule has 6 nitrogen and oxygen atoms in total. The zero-order valence-corrected chi connectivity index (χ0v) is 15.0. The number of fused-ring (bicyclic) bond motifs is 2. The van der Waals surface area contributed by atoms with E-state index >= 15 is 0 Å². The van der Waals surface area contributed by atoms with Crippen LogP contribution in [0.1, 0.15) is 23.7 Å². The second-order valence-corrected chi connectivity index (χ2v) is 7.51. The van der Waals surface area contributed by atoms with Crippen LogP contribution in [0, 0.1) is 0 Å². The number of rotatable bonds is 2. The van der Waals surface area contributed by atoms with E-state index < -0.39 is 0 Å². The molecule has 0 fully saturated rings. The number of carbonyl (C=O) groups excluding carboxylic acids is 2. The Bertz CT molecular complexity index is 884. The highest BCUT2D eigenvalue weighted by Crippen LogP contribution is 2.36. The minimum absolute atomic E-state index is 0.0528. The number of hydrogen-bond acceptors (Lipinski definition) is 5. The summed E-state index contributed by atoms with van der Waals surface area (Å²) < 4.78 is 11.2. The highest BCUT2D eigenvalue weighted by Gasteiger charge is 2.24. The summed E-state index contributed by atoms with van der Waals surface area (Å²) in [6.45, 7) is 3.06. The highest BCUT2D eigenvalue weighted by atomic mass is 32.2. The van der Waals surface area contributed by atoms with Crippen LogP contribution >= 0.6 is 11.8 Å². The van der Waals surface area contributed by atoms with Crippen LogP contribution in [0.5, 0.6) is 11.5 Å². The van der Waals surface area contributed by atoms with Crippen molar-refractivity contribution in [2.24, 2.45) is 0 Å². The van der Waals surface area contributed by atoms with Gasteiger partial charge in [0.1, 0.15) is 0 Å². The Balaban J connectivity index is 1.53. The van der Waals surface area contributed by atoms with Gasteiger partial charge in [0.25, 0.3) is 5.91 Å². The average Bonchev–Trinajstić information content (AvgIpc) is 2.87. The molecule has 2 heterocycles. The third kappa shape index (κ3) is 3.35. The van der Waals surface area contributed by atoms with Crippen molar-refractivity contribution < 1.29 is 19.1 Å². The molecule has 2 aromatic rings. The van der Waals surface area contributed by atoms with Gasteiger partial charge in [-0.3, -0.25) is 9.59 Å². The standard InChI is InChI=1S/C19H18N2O4S/c1-11-18(22)21-14-9-12(3-6-17(14)26-11)19(23)20-13-4-5-15-16(10-13)25-8-2-7-24-15/h3-6,9-11H,2,7-8H2,1H3,(H,20,23)(H,21,22)/t11-/m0/s1. The third-order valence-corrected chi connectivity index (χ3v) is 5.36. The van der Waals surface area contributed by atoms with Crippen molar-refractivity contribution in [1.82, 2.24) is 0 Å². The van der Waals surface area contributed by atoms with Gasteiger partial charge in [-0.25, -0.2) is 0 Å². The SMILES string of the molecule is C[C@@H]1Sc2ccc(C(=O)Nc3ccc4c(c3)OCCCO4)cc2NC1=O. The molecule has 0 saturated carbocycles. The molecule has 0 aliphatic carbocycles. The molecule has 2 aliphatic heterocycles. The first-order chi connectivity index (χ1) is 12.6. The lowest BCUT2D eigenvalue weighted by Crippen LogP contribution is -2.26. The first-order valence-electron chi connectivity index (χ1n) is 8.43. The molecule has 2 aliphatic rings. The van der Waals surface area contributed by atoms with E-state index in [0.717, 1.165) is 11.3 Å². The van der Waals surface area contributed by atoms with Crippen molar-refractivity contribution in [3.05, 3.63) is 42.0 Å². The van der Waals surface area contributed by atoms with Gasteiger partial charge in [0.2, 0.25) is 5.91 Å². The predicted octanol–water partition coefficient (Wildman–Crippen LogP) is 3.53. The van der Waals surface area contributed by atoms with Crippen LogP contribution in [0.15, 0.2) is 41.3 Å². The van der Waals surface area contributed by atoms with Crippen molar-refractivity contribution in [3.63, 3.8) is 0 Å². The van der Waals surface area contributed by atoms with Crippen molar-refractivity contribution in [3.8, 4) is 11.5 Å². The average molecular weight is 370 g/mol. The largest absolute Gasteiger partial charge is 0.490 e. The van der Waals surface area contributed by atoms with Crippen LogP contribution < -0.4 is 20.1 Å². The van der Waals surface area contributed by atoms with E-state index in [9.17, 15) is 9.59 Å². The molecule has 0 saturated heterocycles.